The lowest BCUT2D eigenvalue weighted by molar-refractivity contribution is -0.151. The highest BCUT2D eigenvalue weighted by Gasteiger charge is 2.27. The Morgan fingerprint density at radius 1 is 1.26 bits per heavy atom. The van der Waals surface area contributed by atoms with Gasteiger partial charge >= 0.3 is 5.97 Å². The number of likely N-dealkylation sites (tertiary alicyclic amines) is 1. The van der Waals surface area contributed by atoms with Crippen LogP contribution in [-0.2, 0) is 20.7 Å². The number of aromatic nitrogens is 2. The third-order valence-electron chi connectivity index (χ3n) is 4.93. The van der Waals surface area contributed by atoms with Crippen molar-refractivity contribution in [1.29, 1.82) is 0 Å². The van der Waals surface area contributed by atoms with E-state index in [4.69, 9.17) is 4.74 Å². The lowest BCUT2D eigenvalue weighted by atomic mass is 9.96. The van der Waals surface area contributed by atoms with Crippen LogP contribution in [0.25, 0.3) is 10.9 Å². The molecule has 7 nitrogen and oxygen atoms in total. The SMILES string of the molecule is CCOC(=O)C1CCN(C(=O)CCCc2nc3ccccc3c(=O)[nH]2)CC1. The second kappa shape index (κ2) is 8.79. The van der Waals surface area contributed by atoms with Crippen LogP contribution in [-0.4, -0.2) is 46.4 Å². The van der Waals surface area contributed by atoms with Crippen molar-refractivity contribution in [2.75, 3.05) is 19.7 Å². The number of esters is 1. The summed E-state index contributed by atoms with van der Waals surface area (Å²) in [5.41, 5.74) is 0.520. The second-order valence-corrected chi connectivity index (χ2v) is 6.79. The van der Waals surface area contributed by atoms with Crippen molar-refractivity contribution in [1.82, 2.24) is 14.9 Å². The molecule has 1 N–H and O–H groups in total. The number of aromatic amines is 1. The van der Waals surface area contributed by atoms with E-state index in [-0.39, 0.29) is 23.4 Å². The molecule has 1 aliphatic rings. The van der Waals surface area contributed by atoms with E-state index in [0.717, 1.165) is 0 Å². The fourth-order valence-electron chi connectivity index (χ4n) is 3.44. The molecule has 1 aliphatic heterocycles. The van der Waals surface area contributed by atoms with Gasteiger partial charge in [-0.25, -0.2) is 4.98 Å². The van der Waals surface area contributed by atoms with E-state index in [2.05, 4.69) is 9.97 Å². The number of carbonyl (C=O) groups is 2. The van der Waals surface area contributed by atoms with Gasteiger partial charge in [-0.15, -0.1) is 0 Å². The fraction of sp³-hybridized carbons (Fsp3) is 0.500. The molecule has 0 aliphatic carbocycles. The van der Waals surface area contributed by atoms with Crippen LogP contribution in [0.1, 0.15) is 38.4 Å². The van der Waals surface area contributed by atoms with Gasteiger partial charge in [-0.2, -0.15) is 0 Å². The number of amides is 1. The first kappa shape index (κ1) is 19.1. The molecule has 1 aromatic carbocycles. The summed E-state index contributed by atoms with van der Waals surface area (Å²) in [6, 6.07) is 7.21. The highest BCUT2D eigenvalue weighted by atomic mass is 16.5. The zero-order valence-corrected chi connectivity index (χ0v) is 15.6. The van der Waals surface area contributed by atoms with Gasteiger partial charge < -0.3 is 14.6 Å². The Labute approximate surface area is 157 Å². The van der Waals surface area contributed by atoms with Crippen LogP contribution in [0.2, 0.25) is 0 Å². The Morgan fingerprint density at radius 3 is 2.74 bits per heavy atom. The lowest BCUT2D eigenvalue weighted by Crippen LogP contribution is -2.40. The molecule has 1 amide bonds. The Morgan fingerprint density at radius 2 is 2.00 bits per heavy atom. The summed E-state index contributed by atoms with van der Waals surface area (Å²) >= 11 is 0. The van der Waals surface area contributed by atoms with Gasteiger partial charge in [0, 0.05) is 25.9 Å². The average molecular weight is 371 g/mol. The smallest absolute Gasteiger partial charge is 0.309 e. The maximum absolute atomic E-state index is 12.4. The molecule has 2 aromatic rings. The Bertz CT molecular complexity index is 869. The zero-order chi connectivity index (χ0) is 19.2. The molecule has 7 heteroatoms. The van der Waals surface area contributed by atoms with Crippen LogP contribution in [0, 0.1) is 5.92 Å². The standard InChI is InChI=1S/C20H25N3O4/c1-2-27-20(26)14-10-12-23(13-11-14)18(24)9-5-8-17-21-16-7-4-3-6-15(16)19(25)22-17/h3-4,6-7,14H,2,5,8-13H2,1H3,(H,21,22,25). The number of para-hydroxylation sites is 1. The molecule has 3 rings (SSSR count). The van der Waals surface area contributed by atoms with Crippen molar-refractivity contribution >= 4 is 22.8 Å². The Kier molecular flexibility index (Phi) is 6.21. The van der Waals surface area contributed by atoms with Gasteiger partial charge in [0.25, 0.3) is 5.56 Å². The summed E-state index contributed by atoms with van der Waals surface area (Å²) < 4.78 is 5.05. The van der Waals surface area contributed by atoms with Crippen LogP contribution in [0.5, 0.6) is 0 Å². The fourth-order valence-corrected chi connectivity index (χ4v) is 3.44. The van der Waals surface area contributed by atoms with Crippen molar-refractivity contribution < 1.29 is 14.3 Å². The monoisotopic (exact) mass is 371 g/mol. The van der Waals surface area contributed by atoms with E-state index >= 15 is 0 Å². The molecule has 0 radical (unpaired) electrons. The minimum Gasteiger partial charge on any atom is -0.466 e. The highest BCUT2D eigenvalue weighted by molar-refractivity contribution is 5.78. The van der Waals surface area contributed by atoms with Gasteiger partial charge in [0.2, 0.25) is 5.91 Å². The van der Waals surface area contributed by atoms with Crippen LogP contribution in [0.15, 0.2) is 29.1 Å². The third-order valence-corrected chi connectivity index (χ3v) is 4.93. The van der Waals surface area contributed by atoms with E-state index in [0.29, 0.717) is 68.5 Å². The topological polar surface area (TPSA) is 92.4 Å². The number of hydrogen-bond donors (Lipinski definition) is 1. The molecule has 1 fully saturated rings. The molecular formula is C20H25N3O4. The van der Waals surface area contributed by atoms with Gasteiger partial charge in [0.05, 0.1) is 23.4 Å². The second-order valence-electron chi connectivity index (χ2n) is 6.79. The van der Waals surface area contributed by atoms with E-state index < -0.39 is 0 Å². The van der Waals surface area contributed by atoms with Gasteiger partial charge in [-0.05, 0) is 38.3 Å². The van der Waals surface area contributed by atoms with Crippen LogP contribution in [0.3, 0.4) is 0 Å². The summed E-state index contributed by atoms with van der Waals surface area (Å²) in [6.07, 6.45) is 2.89. The van der Waals surface area contributed by atoms with Crippen molar-refractivity contribution in [2.24, 2.45) is 5.92 Å². The van der Waals surface area contributed by atoms with Crippen molar-refractivity contribution in [3.05, 3.63) is 40.4 Å². The molecule has 0 atom stereocenters. The Balaban J connectivity index is 1.48. The molecule has 1 saturated heterocycles. The minimum absolute atomic E-state index is 0.0837. The first-order valence-electron chi connectivity index (χ1n) is 9.51. The largest absolute Gasteiger partial charge is 0.466 e. The molecule has 0 saturated carbocycles. The lowest BCUT2D eigenvalue weighted by Gasteiger charge is -2.31. The number of hydrogen-bond acceptors (Lipinski definition) is 5. The molecule has 0 spiro atoms. The predicted octanol–water partition coefficient (Wildman–Crippen LogP) is 2.05. The molecule has 0 bridgehead atoms. The number of H-pyrrole nitrogens is 1. The van der Waals surface area contributed by atoms with Gasteiger partial charge in [0.15, 0.2) is 0 Å². The molecule has 1 aromatic heterocycles. The van der Waals surface area contributed by atoms with Crippen molar-refractivity contribution in [2.45, 2.75) is 39.0 Å². The normalized spacial score (nSPS) is 15.1. The van der Waals surface area contributed by atoms with Crippen molar-refractivity contribution in [3.63, 3.8) is 0 Å². The van der Waals surface area contributed by atoms with E-state index in [1.807, 2.05) is 23.1 Å². The molecule has 0 unspecified atom stereocenters. The molecule has 144 valence electrons. The maximum atomic E-state index is 12.4. The third kappa shape index (κ3) is 4.72. The maximum Gasteiger partial charge on any atom is 0.309 e. The summed E-state index contributed by atoms with van der Waals surface area (Å²) in [7, 11) is 0. The number of fused-ring (bicyclic) bond motifs is 1. The molecule has 27 heavy (non-hydrogen) atoms. The number of benzene rings is 1. The number of rotatable bonds is 6. The number of nitrogens with zero attached hydrogens (tertiary/aromatic N) is 2. The first-order chi connectivity index (χ1) is 13.1. The summed E-state index contributed by atoms with van der Waals surface area (Å²) in [6.45, 7) is 3.37. The molecular weight excluding hydrogens is 346 g/mol. The summed E-state index contributed by atoms with van der Waals surface area (Å²) in [5, 5.41) is 0.571. The predicted molar refractivity (Wildman–Crippen MR) is 101 cm³/mol. The zero-order valence-electron chi connectivity index (χ0n) is 15.6. The van der Waals surface area contributed by atoms with E-state index in [1.165, 1.54) is 0 Å². The Hall–Kier alpha value is -2.70. The van der Waals surface area contributed by atoms with Crippen LogP contribution in [0.4, 0.5) is 0 Å². The minimum atomic E-state index is -0.157. The first-order valence-corrected chi connectivity index (χ1v) is 9.51. The number of nitrogens with one attached hydrogen (secondary N) is 1. The highest BCUT2D eigenvalue weighted by Crippen LogP contribution is 2.19. The number of ether oxygens (including phenoxy) is 1. The number of carbonyl (C=O) groups excluding carboxylic acids is 2. The van der Waals surface area contributed by atoms with Crippen LogP contribution >= 0.6 is 0 Å². The van der Waals surface area contributed by atoms with Gasteiger partial charge in [-0.3, -0.25) is 14.4 Å². The van der Waals surface area contributed by atoms with Crippen LogP contribution < -0.4 is 5.56 Å². The summed E-state index contributed by atoms with van der Waals surface area (Å²) in [4.78, 5) is 45.3. The van der Waals surface area contributed by atoms with E-state index in [9.17, 15) is 14.4 Å². The number of aryl methyl sites for hydroxylation is 1. The number of piperidine rings is 1. The van der Waals surface area contributed by atoms with Gasteiger partial charge in [0.1, 0.15) is 5.82 Å². The van der Waals surface area contributed by atoms with Gasteiger partial charge in [-0.1, -0.05) is 12.1 Å². The molecule has 2 heterocycles. The van der Waals surface area contributed by atoms with Crippen molar-refractivity contribution in [3.8, 4) is 0 Å². The quantitative estimate of drug-likeness (QED) is 0.785. The summed E-state index contributed by atoms with van der Waals surface area (Å²) in [5.74, 6) is 0.435. The van der Waals surface area contributed by atoms with E-state index in [1.54, 1.807) is 13.0 Å². The average Bonchev–Trinajstić information content (AvgIpc) is 2.68.